The van der Waals surface area contributed by atoms with Gasteiger partial charge in [-0.2, -0.15) is 0 Å². The molecule has 0 radical (unpaired) electrons. The predicted molar refractivity (Wildman–Crippen MR) is 229 cm³/mol. The number of rotatable bonds is 6. The predicted octanol–water partition coefficient (Wildman–Crippen LogP) is 15.1. The first-order valence-electron chi connectivity index (χ1n) is 18.7. The zero-order chi connectivity index (χ0) is 36.3. The zero-order valence-electron chi connectivity index (χ0n) is 29.8. The summed E-state index contributed by atoms with van der Waals surface area (Å²) >= 11 is 0. The second kappa shape index (κ2) is 12.6. The van der Waals surface area contributed by atoms with E-state index in [-0.39, 0.29) is 0 Å². The molecule has 0 saturated heterocycles. The van der Waals surface area contributed by atoms with Crippen LogP contribution in [0, 0.1) is 0 Å². The maximum absolute atomic E-state index is 6.74. The van der Waals surface area contributed by atoms with Gasteiger partial charge in [-0.25, -0.2) is 0 Å². The average Bonchev–Trinajstić information content (AvgIpc) is 3.82. The Morgan fingerprint density at radius 2 is 0.818 bits per heavy atom. The quantitative estimate of drug-likeness (QED) is 0.173. The number of para-hydroxylation sites is 2. The van der Waals surface area contributed by atoms with E-state index in [2.05, 4.69) is 193 Å². The van der Waals surface area contributed by atoms with E-state index < -0.39 is 0 Å². The summed E-state index contributed by atoms with van der Waals surface area (Å²) in [5.41, 5.74) is 13.9. The van der Waals surface area contributed by atoms with Gasteiger partial charge in [0.05, 0.1) is 0 Å². The third-order valence-electron chi connectivity index (χ3n) is 10.9. The molecule has 2 heterocycles. The number of anilines is 3. The topological polar surface area (TPSA) is 29.5 Å². The number of hydrogen-bond donors (Lipinski definition) is 0. The van der Waals surface area contributed by atoms with E-state index in [0.29, 0.717) is 0 Å². The fourth-order valence-corrected chi connectivity index (χ4v) is 8.17. The van der Waals surface area contributed by atoms with Gasteiger partial charge in [0, 0.05) is 50.1 Å². The molecule has 0 saturated carbocycles. The van der Waals surface area contributed by atoms with Gasteiger partial charge in [0.1, 0.15) is 22.3 Å². The fraction of sp³-hybridized carbons (Fsp3) is 0. The minimum absolute atomic E-state index is 0.862. The Morgan fingerprint density at radius 3 is 1.58 bits per heavy atom. The highest BCUT2D eigenvalue weighted by Gasteiger charge is 2.18. The lowest BCUT2D eigenvalue weighted by atomic mass is 9.95. The SMILES string of the molecule is c1ccc(-c2cc3c4ccc(N(c5ccccc5)c5ccc(-c6ccc(-c7ccc8oc9ccccc9c8c7)cc6)cc5)cc4oc3c3ccccc23)cc1. The van der Waals surface area contributed by atoms with Crippen molar-refractivity contribution in [1.29, 1.82) is 0 Å². The smallest absolute Gasteiger partial charge is 0.143 e. The molecule has 2 aromatic heterocycles. The summed E-state index contributed by atoms with van der Waals surface area (Å²) in [5, 5.41) is 6.81. The summed E-state index contributed by atoms with van der Waals surface area (Å²) < 4.78 is 12.8. The van der Waals surface area contributed by atoms with Crippen molar-refractivity contribution in [3.05, 3.63) is 200 Å². The van der Waals surface area contributed by atoms with Crippen LogP contribution in [0.3, 0.4) is 0 Å². The number of benzene rings is 9. The second-order valence-electron chi connectivity index (χ2n) is 14.1. The fourth-order valence-electron chi connectivity index (χ4n) is 8.17. The van der Waals surface area contributed by atoms with Crippen LogP contribution < -0.4 is 4.90 Å². The van der Waals surface area contributed by atoms with Crippen LogP contribution >= 0.6 is 0 Å². The van der Waals surface area contributed by atoms with Crippen molar-refractivity contribution in [2.75, 3.05) is 4.90 Å². The molecule has 0 N–H and O–H groups in total. The van der Waals surface area contributed by atoms with E-state index in [1.165, 1.54) is 33.2 Å². The average molecular weight is 704 g/mol. The van der Waals surface area contributed by atoms with Crippen molar-refractivity contribution in [3.8, 4) is 33.4 Å². The van der Waals surface area contributed by atoms with Crippen LogP contribution in [-0.2, 0) is 0 Å². The molecule has 3 heteroatoms. The molecule has 3 nitrogen and oxygen atoms in total. The summed E-state index contributed by atoms with van der Waals surface area (Å²) in [4.78, 5) is 2.29. The van der Waals surface area contributed by atoms with E-state index in [1.807, 2.05) is 12.1 Å². The summed E-state index contributed by atoms with van der Waals surface area (Å²) in [6.07, 6.45) is 0. The Bertz CT molecular complexity index is 3180. The van der Waals surface area contributed by atoms with E-state index in [1.54, 1.807) is 0 Å². The van der Waals surface area contributed by atoms with Gasteiger partial charge in [-0.1, -0.05) is 133 Å². The molecule has 55 heavy (non-hydrogen) atoms. The Morgan fingerprint density at radius 1 is 0.273 bits per heavy atom. The molecular formula is C52H33NO2. The maximum Gasteiger partial charge on any atom is 0.143 e. The summed E-state index contributed by atoms with van der Waals surface area (Å²) in [7, 11) is 0. The van der Waals surface area contributed by atoms with E-state index in [0.717, 1.165) is 71.9 Å². The number of nitrogens with zero attached hydrogens (tertiary/aromatic N) is 1. The maximum atomic E-state index is 6.74. The molecule has 0 atom stereocenters. The summed E-state index contributed by atoms with van der Waals surface area (Å²) in [5.74, 6) is 0. The summed E-state index contributed by atoms with van der Waals surface area (Å²) in [6, 6.07) is 70.9. The zero-order valence-corrected chi connectivity index (χ0v) is 29.8. The van der Waals surface area contributed by atoms with Gasteiger partial charge in [-0.05, 0) is 99.4 Å². The minimum atomic E-state index is 0.862. The van der Waals surface area contributed by atoms with Crippen molar-refractivity contribution < 1.29 is 8.83 Å². The monoisotopic (exact) mass is 703 g/mol. The standard InChI is InChI=1S/C52H33NO2/c1-3-11-37(12-4-1)46-33-48-44-29-28-41(32-51(44)55-52(48)45-17-8-7-15-42(45)46)53(39-13-5-2-6-14-39)40-26-23-35(24-27-40)34-19-21-36(22-20-34)38-25-30-50-47(31-38)43-16-9-10-18-49(43)54-50/h1-33H. The Labute approximate surface area is 317 Å². The minimum Gasteiger partial charge on any atom is -0.456 e. The highest BCUT2D eigenvalue weighted by Crippen LogP contribution is 2.43. The van der Waals surface area contributed by atoms with Crippen LogP contribution in [0.4, 0.5) is 17.1 Å². The lowest BCUT2D eigenvalue weighted by molar-refractivity contribution is 0.669. The molecule has 258 valence electrons. The highest BCUT2D eigenvalue weighted by molar-refractivity contribution is 6.19. The third kappa shape index (κ3) is 5.28. The normalized spacial score (nSPS) is 11.6. The van der Waals surface area contributed by atoms with E-state index >= 15 is 0 Å². The second-order valence-corrected chi connectivity index (χ2v) is 14.1. The van der Waals surface area contributed by atoms with E-state index in [9.17, 15) is 0 Å². The van der Waals surface area contributed by atoms with Crippen LogP contribution in [0.2, 0.25) is 0 Å². The molecule has 0 aliphatic rings. The first-order chi connectivity index (χ1) is 27.2. The van der Waals surface area contributed by atoms with Crippen molar-refractivity contribution in [3.63, 3.8) is 0 Å². The van der Waals surface area contributed by atoms with Crippen LogP contribution in [0.1, 0.15) is 0 Å². The third-order valence-corrected chi connectivity index (χ3v) is 10.9. The lowest BCUT2D eigenvalue weighted by Gasteiger charge is -2.25. The van der Waals surface area contributed by atoms with E-state index in [4.69, 9.17) is 8.83 Å². The van der Waals surface area contributed by atoms with Crippen LogP contribution in [0.25, 0.3) is 88.0 Å². The van der Waals surface area contributed by atoms with Gasteiger partial charge in [0.2, 0.25) is 0 Å². The van der Waals surface area contributed by atoms with Crippen molar-refractivity contribution in [1.82, 2.24) is 0 Å². The molecule has 9 aromatic carbocycles. The first-order valence-corrected chi connectivity index (χ1v) is 18.7. The molecule has 0 unspecified atom stereocenters. The van der Waals surface area contributed by atoms with Crippen molar-refractivity contribution in [2.45, 2.75) is 0 Å². The van der Waals surface area contributed by atoms with Gasteiger partial charge < -0.3 is 13.7 Å². The molecule has 0 aliphatic carbocycles. The molecule has 11 aromatic rings. The Hall–Kier alpha value is -7.36. The van der Waals surface area contributed by atoms with Gasteiger partial charge in [0.15, 0.2) is 0 Å². The summed E-state index contributed by atoms with van der Waals surface area (Å²) in [6.45, 7) is 0. The van der Waals surface area contributed by atoms with Crippen LogP contribution in [-0.4, -0.2) is 0 Å². The molecule has 0 amide bonds. The molecule has 0 aliphatic heterocycles. The first kappa shape index (κ1) is 31.2. The number of fused-ring (bicyclic) bond motifs is 8. The molecule has 0 spiro atoms. The van der Waals surface area contributed by atoms with Crippen molar-refractivity contribution in [2.24, 2.45) is 0 Å². The highest BCUT2D eigenvalue weighted by atomic mass is 16.3. The van der Waals surface area contributed by atoms with Crippen LogP contribution in [0.15, 0.2) is 209 Å². The lowest BCUT2D eigenvalue weighted by Crippen LogP contribution is -2.09. The largest absolute Gasteiger partial charge is 0.456 e. The molecule has 0 bridgehead atoms. The van der Waals surface area contributed by atoms with Crippen LogP contribution in [0.5, 0.6) is 0 Å². The number of hydrogen-bond acceptors (Lipinski definition) is 3. The molecule has 11 rings (SSSR count). The molecular weight excluding hydrogens is 671 g/mol. The molecule has 0 fully saturated rings. The van der Waals surface area contributed by atoms with Crippen molar-refractivity contribution >= 4 is 71.7 Å². The Balaban J connectivity index is 0.951. The number of furan rings is 2. The van der Waals surface area contributed by atoms with Gasteiger partial charge in [0.25, 0.3) is 0 Å². The van der Waals surface area contributed by atoms with Gasteiger partial charge >= 0.3 is 0 Å². The Kier molecular flexibility index (Phi) is 7.17. The van der Waals surface area contributed by atoms with Gasteiger partial charge in [-0.3, -0.25) is 0 Å². The van der Waals surface area contributed by atoms with Gasteiger partial charge in [-0.15, -0.1) is 0 Å².